The number of benzene rings is 1. The van der Waals surface area contributed by atoms with E-state index in [1.54, 1.807) is 36.9 Å². The SMILES string of the molecule is N=CC(=CN)c1ccncc1/C=C/C(=O)Nc1cccc2[nH]cnc12. The van der Waals surface area contributed by atoms with Gasteiger partial charge in [0.2, 0.25) is 5.91 Å². The second-order valence-electron chi connectivity index (χ2n) is 5.16. The first kappa shape index (κ1) is 16.1. The van der Waals surface area contributed by atoms with Crippen LogP contribution in [0.3, 0.4) is 0 Å². The summed E-state index contributed by atoms with van der Waals surface area (Å²) in [6.45, 7) is 0. The Kier molecular flexibility index (Phi) is 4.66. The highest BCUT2D eigenvalue weighted by Crippen LogP contribution is 2.20. The average molecular weight is 332 g/mol. The van der Waals surface area contributed by atoms with Crippen LogP contribution < -0.4 is 11.1 Å². The number of rotatable bonds is 5. The van der Waals surface area contributed by atoms with E-state index in [1.165, 1.54) is 12.3 Å². The number of pyridine rings is 1. The summed E-state index contributed by atoms with van der Waals surface area (Å²) in [4.78, 5) is 23.5. The summed E-state index contributed by atoms with van der Waals surface area (Å²) >= 11 is 0. The number of amides is 1. The standard InChI is InChI=1S/C18H16N6O/c19-8-13(9-20)14-6-7-21-10-12(14)4-5-17(25)24-16-3-1-2-15-18(16)23-11-22-15/h1-11,19H,20H2,(H,22,23)(H,24,25)/b5-4+,13-9?,19-8?. The molecule has 1 amide bonds. The summed E-state index contributed by atoms with van der Waals surface area (Å²) in [5, 5.41) is 10.2. The van der Waals surface area contributed by atoms with E-state index in [1.807, 2.05) is 12.1 Å². The number of carbonyl (C=O) groups excluding carboxylic acids is 1. The van der Waals surface area contributed by atoms with Crippen molar-refractivity contribution in [1.82, 2.24) is 15.0 Å². The van der Waals surface area contributed by atoms with Gasteiger partial charge in [0.25, 0.3) is 0 Å². The molecule has 0 unspecified atom stereocenters. The van der Waals surface area contributed by atoms with Crippen molar-refractivity contribution in [3.8, 4) is 0 Å². The zero-order chi connectivity index (χ0) is 17.6. The molecule has 0 spiro atoms. The normalized spacial score (nSPS) is 11.8. The van der Waals surface area contributed by atoms with Gasteiger partial charge in [-0.25, -0.2) is 4.98 Å². The minimum absolute atomic E-state index is 0.293. The Labute approximate surface area is 143 Å². The van der Waals surface area contributed by atoms with E-state index in [4.69, 9.17) is 11.1 Å². The van der Waals surface area contributed by atoms with Gasteiger partial charge < -0.3 is 21.4 Å². The maximum absolute atomic E-state index is 12.2. The number of anilines is 1. The molecule has 7 nitrogen and oxygen atoms in total. The predicted octanol–water partition coefficient (Wildman–Crippen LogP) is 2.56. The van der Waals surface area contributed by atoms with Gasteiger partial charge in [-0.1, -0.05) is 6.07 Å². The fourth-order valence-electron chi connectivity index (χ4n) is 2.42. The van der Waals surface area contributed by atoms with Gasteiger partial charge in [-0.05, 0) is 29.8 Å². The number of hydrogen-bond acceptors (Lipinski definition) is 5. The van der Waals surface area contributed by atoms with Crippen LogP contribution in [0.5, 0.6) is 0 Å². The van der Waals surface area contributed by atoms with E-state index in [2.05, 4.69) is 20.3 Å². The van der Waals surface area contributed by atoms with Gasteiger partial charge in [0.1, 0.15) is 5.52 Å². The first-order chi connectivity index (χ1) is 12.2. The zero-order valence-corrected chi connectivity index (χ0v) is 13.2. The molecule has 0 saturated carbocycles. The molecule has 0 saturated heterocycles. The van der Waals surface area contributed by atoms with Crippen molar-refractivity contribution in [2.24, 2.45) is 5.73 Å². The Morgan fingerprint density at radius 3 is 3.00 bits per heavy atom. The molecule has 0 bridgehead atoms. The van der Waals surface area contributed by atoms with Crippen LogP contribution in [0.25, 0.3) is 22.7 Å². The van der Waals surface area contributed by atoms with Crippen molar-refractivity contribution in [3.05, 3.63) is 66.4 Å². The van der Waals surface area contributed by atoms with Gasteiger partial charge in [-0.2, -0.15) is 0 Å². The van der Waals surface area contributed by atoms with Gasteiger partial charge >= 0.3 is 0 Å². The van der Waals surface area contributed by atoms with E-state index in [0.29, 0.717) is 22.3 Å². The van der Waals surface area contributed by atoms with E-state index < -0.39 is 0 Å². The Morgan fingerprint density at radius 1 is 1.32 bits per heavy atom. The summed E-state index contributed by atoms with van der Waals surface area (Å²) in [5.41, 5.74) is 9.67. The first-order valence-corrected chi connectivity index (χ1v) is 7.51. The van der Waals surface area contributed by atoms with E-state index in [0.717, 1.165) is 17.3 Å². The summed E-state index contributed by atoms with van der Waals surface area (Å²) < 4.78 is 0. The largest absolute Gasteiger partial charge is 0.404 e. The van der Waals surface area contributed by atoms with Crippen LogP contribution in [0.2, 0.25) is 0 Å². The number of aromatic amines is 1. The number of aromatic nitrogens is 3. The lowest BCUT2D eigenvalue weighted by Gasteiger charge is -2.05. The number of imidazole rings is 1. The van der Waals surface area contributed by atoms with E-state index >= 15 is 0 Å². The number of fused-ring (bicyclic) bond motifs is 1. The number of nitrogens with zero attached hydrogens (tertiary/aromatic N) is 2. The number of nitrogens with one attached hydrogen (secondary N) is 3. The Balaban J connectivity index is 1.82. The van der Waals surface area contributed by atoms with Crippen LogP contribution in [-0.4, -0.2) is 27.1 Å². The first-order valence-electron chi connectivity index (χ1n) is 7.51. The fraction of sp³-hybridized carbons (Fsp3) is 0. The lowest BCUT2D eigenvalue weighted by molar-refractivity contribution is -0.111. The summed E-state index contributed by atoms with van der Waals surface area (Å²) in [5.74, 6) is -0.293. The second-order valence-corrected chi connectivity index (χ2v) is 5.16. The van der Waals surface area contributed by atoms with Crippen LogP contribution in [0.1, 0.15) is 11.1 Å². The molecule has 0 fully saturated rings. The summed E-state index contributed by atoms with van der Waals surface area (Å²) in [7, 11) is 0. The molecule has 0 aliphatic carbocycles. The van der Waals surface area contributed by atoms with E-state index in [-0.39, 0.29) is 5.91 Å². The third kappa shape index (κ3) is 3.45. The number of nitrogens with two attached hydrogens (primary N) is 1. The second kappa shape index (κ2) is 7.22. The van der Waals surface area contributed by atoms with Crippen molar-refractivity contribution in [3.63, 3.8) is 0 Å². The Morgan fingerprint density at radius 2 is 2.20 bits per heavy atom. The zero-order valence-electron chi connectivity index (χ0n) is 13.2. The third-order valence-electron chi connectivity index (χ3n) is 3.62. The van der Waals surface area contributed by atoms with E-state index in [9.17, 15) is 4.79 Å². The number of H-pyrrole nitrogens is 1. The van der Waals surface area contributed by atoms with Gasteiger partial charge in [-0.15, -0.1) is 0 Å². The maximum Gasteiger partial charge on any atom is 0.248 e. The number of hydrogen-bond donors (Lipinski definition) is 4. The molecular formula is C18H16N6O. The van der Waals surface area contributed by atoms with Crippen LogP contribution in [0, 0.1) is 5.41 Å². The smallest absolute Gasteiger partial charge is 0.248 e. The highest BCUT2D eigenvalue weighted by Gasteiger charge is 2.07. The molecule has 25 heavy (non-hydrogen) atoms. The monoisotopic (exact) mass is 332 g/mol. The predicted molar refractivity (Wildman–Crippen MR) is 98.9 cm³/mol. The fourth-order valence-corrected chi connectivity index (χ4v) is 2.42. The molecule has 3 rings (SSSR count). The topological polar surface area (TPSA) is 121 Å². The molecule has 7 heteroatoms. The molecule has 2 heterocycles. The molecule has 5 N–H and O–H groups in total. The highest BCUT2D eigenvalue weighted by atomic mass is 16.1. The van der Waals surface area contributed by atoms with Crippen LogP contribution in [0.15, 0.2) is 55.3 Å². The maximum atomic E-state index is 12.2. The molecule has 124 valence electrons. The quantitative estimate of drug-likeness (QED) is 0.424. The number of para-hydroxylation sites is 1. The minimum atomic E-state index is -0.293. The van der Waals surface area contributed by atoms with Gasteiger partial charge in [0, 0.05) is 42.0 Å². The molecule has 0 atom stereocenters. The average Bonchev–Trinajstić information content (AvgIpc) is 3.12. The van der Waals surface area contributed by atoms with Crippen molar-refractivity contribution in [2.75, 3.05) is 5.32 Å². The molecule has 2 aromatic heterocycles. The van der Waals surface area contributed by atoms with Gasteiger partial charge in [-0.3, -0.25) is 9.78 Å². The third-order valence-corrected chi connectivity index (χ3v) is 3.62. The molecule has 1 aromatic carbocycles. The lowest BCUT2D eigenvalue weighted by atomic mass is 10.0. The van der Waals surface area contributed by atoms with Crippen molar-refractivity contribution in [2.45, 2.75) is 0 Å². The molecule has 0 aliphatic rings. The Bertz CT molecular complexity index is 986. The van der Waals surface area contributed by atoms with Crippen molar-refractivity contribution < 1.29 is 4.79 Å². The van der Waals surface area contributed by atoms with Gasteiger partial charge in [0.05, 0.1) is 17.5 Å². The van der Waals surface area contributed by atoms with Crippen LogP contribution in [-0.2, 0) is 4.79 Å². The molecule has 3 aromatic rings. The summed E-state index contributed by atoms with van der Waals surface area (Å²) in [6.07, 6.45) is 10.3. The van der Waals surface area contributed by atoms with Gasteiger partial charge in [0.15, 0.2) is 0 Å². The highest BCUT2D eigenvalue weighted by molar-refractivity contribution is 6.10. The van der Waals surface area contributed by atoms with Crippen molar-refractivity contribution >= 4 is 40.5 Å². The lowest BCUT2D eigenvalue weighted by Crippen LogP contribution is -2.08. The molecule has 0 aliphatic heterocycles. The number of allylic oxidation sites excluding steroid dienone is 1. The minimum Gasteiger partial charge on any atom is -0.404 e. The molecular weight excluding hydrogens is 316 g/mol. The summed E-state index contributed by atoms with van der Waals surface area (Å²) in [6, 6.07) is 7.25. The number of carbonyl (C=O) groups is 1. The van der Waals surface area contributed by atoms with Crippen molar-refractivity contribution in [1.29, 1.82) is 5.41 Å². The Hall–Kier alpha value is -3.74. The molecule has 0 radical (unpaired) electrons. The van der Waals surface area contributed by atoms with Crippen LogP contribution >= 0.6 is 0 Å². The van der Waals surface area contributed by atoms with Crippen LogP contribution in [0.4, 0.5) is 5.69 Å².